The van der Waals surface area contributed by atoms with Gasteiger partial charge in [-0.1, -0.05) is 36.5 Å². The predicted octanol–water partition coefficient (Wildman–Crippen LogP) is 3.93. The molecule has 0 radical (unpaired) electrons. The lowest BCUT2D eigenvalue weighted by Crippen LogP contribution is -2.02. The van der Waals surface area contributed by atoms with Gasteiger partial charge in [-0.3, -0.25) is 0 Å². The minimum absolute atomic E-state index is 0.446. The lowest BCUT2D eigenvalue weighted by Gasteiger charge is -2.04. The van der Waals surface area contributed by atoms with Gasteiger partial charge < -0.3 is 4.74 Å². The van der Waals surface area contributed by atoms with Crippen LogP contribution in [0.25, 0.3) is 0 Å². The van der Waals surface area contributed by atoms with Gasteiger partial charge in [0.15, 0.2) is 0 Å². The Morgan fingerprint density at radius 2 is 1.61 bits per heavy atom. The zero-order valence-corrected chi connectivity index (χ0v) is 10.5. The molecule has 0 saturated heterocycles. The average Bonchev–Trinajstić information content (AvgIpc) is 2.42. The number of ether oxygens (including phenoxy) is 1. The van der Waals surface area contributed by atoms with Gasteiger partial charge in [-0.15, -0.1) is 0 Å². The van der Waals surface area contributed by atoms with Gasteiger partial charge in [-0.2, -0.15) is 0 Å². The summed E-state index contributed by atoms with van der Waals surface area (Å²) >= 11 is 1.66. The molecule has 0 atom stereocenters. The maximum atomic E-state index is 11.0. The van der Waals surface area contributed by atoms with Crippen LogP contribution in [0.15, 0.2) is 77.0 Å². The molecule has 0 saturated carbocycles. The highest BCUT2D eigenvalue weighted by Crippen LogP contribution is 2.28. The summed E-state index contributed by atoms with van der Waals surface area (Å²) in [4.78, 5) is 13.3. The van der Waals surface area contributed by atoms with Crippen molar-refractivity contribution in [2.24, 2.45) is 0 Å². The van der Waals surface area contributed by atoms with Gasteiger partial charge >= 0.3 is 5.97 Å². The number of rotatable bonds is 4. The van der Waals surface area contributed by atoms with Crippen LogP contribution < -0.4 is 4.74 Å². The Bertz CT molecular complexity index is 532. The maximum Gasteiger partial charge on any atom is 0.335 e. The summed E-state index contributed by atoms with van der Waals surface area (Å²) in [7, 11) is 0. The minimum Gasteiger partial charge on any atom is -0.423 e. The molecule has 2 aromatic carbocycles. The summed E-state index contributed by atoms with van der Waals surface area (Å²) in [5, 5.41) is 0. The molecule has 2 rings (SSSR count). The normalized spacial score (nSPS) is 9.78. The summed E-state index contributed by atoms with van der Waals surface area (Å²) in [5.74, 6) is 0.0794. The SMILES string of the molecule is C=CC(=O)Oc1ccc(Sc2ccccc2)cc1. The third-order valence-electron chi connectivity index (χ3n) is 2.19. The molecule has 18 heavy (non-hydrogen) atoms. The summed E-state index contributed by atoms with van der Waals surface area (Å²) in [5.41, 5.74) is 0. The van der Waals surface area contributed by atoms with E-state index in [-0.39, 0.29) is 0 Å². The predicted molar refractivity (Wildman–Crippen MR) is 72.8 cm³/mol. The van der Waals surface area contributed by atoms with Gasteiger partial charge in [0.25, 0.3) is 0 Å². The van der Waals surface area contributed by atoms with Crippen molar-refractivity contribution in [1.82, 2.24) is 0 Å². The highest BCUT2D eigenvalue weighted by molar-refractivity contribution is 7.99. The molecule has 0 amide bonds. The molecule has 0 aliphatic heterocycles. The van der Waals surface area contributed by atoms with E-state index in [0.717, 1.165) is 11.0 Å². The minimum atomic E-state index is -0.446. The third-order valence-corrected chi connectivity index (χ3v) is 3.20. The summed E-state index contributed by atoms with van der Waals surface area (Å²) < 4.78 is 5.00. The number of carbonyl (C=O) groups is 1. The van der Waals surface area contributed by atoms with E-state index >= 15 is 0 Å². The van der Waals surface area contributed by atoms with E-state index in [1.807, 2.05) is 30.3 Å². The number of hydrogen-bond donors (Lipinski definition) is 0. The van der Waals surface area contributed by atoms with Gasteiger partial charge in [0.05, 0.1) is 0 Å². The van der Waals surface area contributed by atoms with Gasteiger partial charge in [0.2, 0.25) is 0 Å². The van der Waals surface area contributed by atoms with Gasteiger partial charge in [0.1, 0.15) is 5.75 Å². The van der Waals surface area contributed by atoms with Crippen molar-refractivity contribution >= 4 is 17.7 Å². The molecule has 0 unspecified atom stereocenters. The van der Waals surface area contributed by atoms with Crippen LogP contribution in [0.3, 0.4) is 0 Å². The molecular formula is C15H12O2S. The first kappa shape index (κ1) is 12.5. The van der Waals surface area contributed by atoms with Gasteiger partial charge in [-0.25, -0.2) is 4.79 Å². The molecule has 0 heterocycles. The van der Waals surface area contributed by atoms with Crippen molar-refractivity contribution < 1.29 is 9.53 Å². The van der Waals surface area contributed by atoms with E-state index in [0.29, 0.717) is 5.75 Å². The number of hydrogen-bond acceptors (Lipinski definition) is 3. The molecule has 2 nitrogen and oxygen atoms in total. The maximum absolute atomic E-state index is 11.0. The van der Waals surface area contributed by atoms with E-state index < -0.39 is 5.97 Å². The Kier molecular flexibility index (Phi) is 4.20. The number of carbonyl (C=O) groups excluding carboxylic acids is 1. The van der Waals surface area contributed by atoms with E-state index in [4.69, 9.17) is 4.74 Å². The van der Waals surface area contributed by atoms with Crippen LogP contribution in [0.1, 0.15) is 0 Å². The number of esters is 1. The molecule has 0 aliphatic rings. The fourth-order valence-corrected chi connectivity index (χ4v) is 2.20. The lowest BCUT2D eigenvalue weighted by atomic mass is 10.3. The van der Waals surface area contributed by atoms with Gasteiger partial charge in [0, 0.05) is 15.9 Å². The van der Waals surface area contributed by atoms with E-state index in [1.54, 1.807) is 23.9 Å². The molecule has 90 valence electrons. The Morgan fingerprint density at radius 3 is 2.22 bits per heavy atom. The van der Waals surface area contributed by atoms with Crippen molar-refractivity contribution in [3.63, 3.8) is 0 Å². The van der Waals surface area contributed by atoms with Crippen LogP contribution >= 0.6 is 11.8 Å². The largest absolute Gasteiger partial charge is 0.423 e. The van der Waals surface area contributed by atoms with Crippen LogP contribution in [-0.2, 0) is 4.79 Å². The highest BCUT2D eigenvalue weighted by Gasteiger charge is 2.01. The Labute approximate surface area is 110 Å². The van der Waals surface area contributed by atoms with Crippen molar-refractivity contribution in [2.45, 2.75) is 9.79 Å². The van der Waals surface area contributed by atoms with Crippen LogP contribution in [0.2, 0.25) is 0 Å². The second kappa shape index (κ2) is 6.07. The molecule has 3 heteroatoms. The first-order valence-electron chi connectivity index (χ1n) is 5.45. The molecular weight excluding hydrogens is 244 g/mol. The first-order chi connectivity index (χ1) is 8.78. The van der Waals surface area contributed by atoms with Crippen molar-refractivity contribution in [1.29, 1.82) is 0 Å². The number of benzene rings is 2. The van der Waals surface area contributed by atoms with Crippen LogP contribution in [0, 0.1) is 0 Å². The molecule has 0 aromatic heterocycles. The van der Waals surface area contributed by atoms with Crippen LogP contribution in [-0.4, -0.2) is 5.97 Å². The van der Waals surface area contributed by atoms with Crippen molar-refractivity contribution in [3.05, 3.63) is 67.3 Å². The summed E-state index contributed by atoms with van der Waals surface area (Å²) in [6.07, 6.45) is 1.15. The zero-order valence-electron chi connectivity index (χ0n) is 9.71. The van der Waals surface area contributed by atoms with Crippen molar-refractivity contribution in [2.75, 3.05) is 0 Å². The Morgan fingerprint density at radius 1 is 1.00 bits per heavy atom. The second-order valence-electron chi connectivity index (χ2n) is 3.51. The van der Waals surface area contributed by atoms with E-state index in [9.17, 15) is 4.79 Å². The highest BCUT2D eigenvalue weighted by atomic mass is 32.2. The Balaban J connectivity index is 2.04. The smallest absolute Gasteiger partial charge is 0.335 e. The van der Waals surface area contributed by atoms with E-state index in [1.165, 1.54) is 4.90 Å². The lowest BCUT2D eigenvalue weighted by molar-refractivity contribution is -0.128. The molecule has 0 N–H and O–H groups in total. The third kappa shape index (κ3) is 3.50. The molecule has 0 bridgehead atoms. The molecule has 0 spiro atoms. The quantitative estimate of drug-likeness (QED) is 0.471. The van der Waals surface area contributed by atoms with E-state index in [2.05, 4.69) is 18.7 Å². The summed E-state index contributed by atoms with van der Waals surface area (Å²) in [6.45, 7) is 3.35. The topological polar surface area (TPSA) is 26.3 Å². The fraction of sp³-hybridized carbons (Fsp3) is 0. The molecule has 0 aliphatic carbocycles. The second-order valence-corrected chi connectivity index (χ2v) is 4.66. The average molecular weight is 256 g/mol. The van der Waals surface area contributed by atoms with Crippen LogP contribution in [0.4, 0.5) is 0 Å². The summed E-state index contributed by atoms with van der Waals surface area (Å²) in [6, 6.07) is 17.5. The Hall–Kier alpha value is -2.00. The first-order valence-corrected chi connectivity index (χ1v) is 6.27. The monoisotopic (exact) mass is 256 g/mol. The van der Waals surface area contributed by atoms with Crippen LogP contribution in [0.5, 0.6) is 5.75 Å². The molecule has 2 aromatic rings. The zero-order chi connectivity index (χ0) is 12.8. The van der Waals surface area contributed by atoms with Gasteiger partial charge in [-0.05, 0) is 36.4 Å². The molecule has 0 fully saturated rings. The fourth-order valence-electron chi connectivity index (χ4n) is 1.36. The standard InChI is InChI=1S/C15H12O2S/c1-2-15(16)17-12-8-10-14(11-9-12)18-13-6-4-3-5-7-13/h2-11H,1H2. The van der Waals surface area contributed by atoms with Crippen molar-refractivity contribution in [3.8, 4) is 5.75 Å².